The van der Waals surface area contributed by atoms with Crippen LogP contribution in [0.1, 0.15) is 26.3 Å². The minimum atomic E-state index is -0.411. The number of hydrogen-bond donors (Lipinski definition) is 0. The molecule has 9 nitrogen and oxygen atoms in total. The van der Waals surface area contributed by atoms with Crippen LogP contribution in [0, 0.1) is 0 Å². The van der Waals surface area contributed by atoms with Gasteiger partial charge in [0.2, 0.25) is 0 Å². The Morgan fingerprint density at radius 3 is 1.21 bits per heavy atom. The zero-order chi connectivity index (χ0) is 83.1. The molecule has 0 radical (unpaired) electrons. The first-order chi connectivity index (χ1) is 62.1. The van der Waals surface area contributed by atoms with Gasteiger partial charge in [-0.1, -0.05) is 306 Å². The van der Waals surface area contributed by atoms with E-state index in [1.165, 1.54) is 21.8 Å². The maximum absolute atomic E-state index is 6.71. The third-order valence-corrected chi connectivity index (χ3v) is 26.6. The molecule has 0 aliphatic carbocycles. The fourth-order valence-corrected chi connectivity index (χ4v) is 20.8. The summed E-state index contributed by atoms with van der Waals surface area (Å²) >= 11 is 0. The van der Waals surface area contributed by atoms with E-state index in [4.69, 9.17) is 18.8 Å². The second-order valence-corrected chi connectivity index (χ2v) is 34.7. The van der Waals surface area contributed by atoms with Crippen LogP contribution in [0.25, 0.3) is 194 Å². The Bertz CT molecular complexity index is 8560. The van der Waals surface area contributed by atoms with Gasteiger partial charge in [0.1, 0.15) is 34.0 Å². The average Bonchev–Trinajstić information content (AvgIpc) is 1.11. The Morgan fingerprint density at radius 2 is 0.667 bits per heavy atom. The summed E-state index contributed by atoms with van der Waals surface area (Å²) in [5.74, 6) is 1.59. The minimum absolute atomic E-state index is 0.349. The Balaban J connectivity index is 0.778. The van der Waals surface area contributed by atoms with E-state index in [1.54, 1.807) is 0 Å². The van der Waals surface area contributed by atoms with E-state index in [0.717, 1.165) is 228 Å². The molecule has 26 rings (SSSR count). The van der Waals surface area contributed by atoms with Crippen molar-refractivity contribution in [1.82, 2.24) is 23.7 Å². The number of anilines is 6. The fourth-order valence-electron chi connectivity index (χ4n) is 20.8. The molecule has 590 valence electrons. The standard InChI is InChI=1S/C116H76BN7O2/c1-116(2,3)78-63-106-114-107(64-78)124(115-80(72-32-10-5-11-33-72)44-28-45-81(115)73-34-12-6-13-35-73)103-59-56-77(96-65-79(120-97-47-22-16-38-82(97)83-39-17-23-48-98(83)120)66-113(119-96)123-100-50-25-19-41-85(100)90-70-111-92(68-105(90)123)87-43-21-27-52-109(87)126-111)62-94(103)117(114)93-61-76(55-58-102(93)121(106)101-57-54-75(71-30-8-4-9-31-71)60-88(101)74-36-14-7-15-37-74)95-46-29-53-112(118-95)122-99-49-24-18-40-84(99)89-69-110-91(67-104(89)122)86-42-20-26-51-108(86)125-110/h4-70H,1-3H3. The molecule has 126 heavy (non-hydrogen) atoms. The molecule has 10 heteroatoms. The number of aromatic nitrogens is 5. The lowest BCUT2D eigenvalue weighted by atomic mass is 9.33. The largest absolute Gasteiger partial charge is 0.456 e. The molecule has 0 N–H and O–H groups in total. The van der Waals surface area contributed by atoms with Gasteiger partial charge in [-0.25, -0.2) is 9.97 Å². The van der Waals surface area contributed by atoms with Crippen molar-refractivity contribution in [2.45, 2.75) is 26.2 Å². The highest BCUT2D eigenvalue weighted by Crippen LogP contribution is 2.54. The van der Waals surface area contributed by atoms with Crippen LogP contribution >= 0.6 is 0 Å². The lowest BCUT2D eigenvalue weighted by Gasteiger charge is -2.46. The van der Waals surface area contributed by atoms with Crippen LogP contribution in [0.4, 0.5) is 34.1 Å². The van der Waals surface area contributed by atoms with E-state index in [1.807, 2.05) is 12.1 Å². The van der Waals surface area contributed by atoms with Crippen molar-refractivity contribution in [1.29, 1.82) is 0 Å². The van der Waals surface area contributed by atoms with Gasteiger partial charge in [0, 0.05) is 99.4 Å². The molecular weight excluding hydrogens is 1530 g/mol. The highest BCUT2D eigenvalue weighted by molar-refractivity contribution is 7.00. The van der Waals surface area contributed by atoms with Gasteiger partial charge in [0.25, 0.3) is 6.71 Å². The van der Waals surface area contributed by atoms with Gasteiger partial charge in [-0.15, -0.1) is 0 Å². The zero-order valence-corrected chi connectivity index (χ0v) is 69.2. The summed E-state index contributed by atoms with van der Waals surface area (Å²) in [6, 6.07) is 149. The van der Waals surface area contributed by atoms with Gasteiger partial charge in [-0.2, -0.15) is 0 Å². The molecule has 24 aromatic rings. The third kappa shape index (κ3) is 10.9. The monoisotopic (exact) mass is 1610 g/mol. The van der Waals surface area contributed by atoms with E-state index in [9.17, 15) is 0 Å². The second kappa shape index (κ2) is 27.6. The molecule has 2 aliphatic rings. The molecule has 9 heterocycles. The van der Waals surface area contributed by atoms with Crippen LogP contribution in [-0.4, -0.2) is 30.4 Å². The van der Waals surface area contributed by atoms with Crippen molar-refractivity contribution in [2.24, 2.45) is 0 Å². The Hall–Kier alpha value is -16.3. The highest BCUT2D eigenvalue weighted by Gasteiger charge is 2.46. The molecule has 0 bridgehead atoms. The normalized spacial score (nSPS) is 12.7. The first-order valence-corrected chi connectivity index (χ1v) is 43.4. The van der Waals surface area contributed by atoms with E-state index < -0.39 is 6.71 Å². The number of furan rings is 2. The number of fused-ring (bicyclic) bond motifs is 19. The molecular formula is C116H76BN7O2. The summed E-state index contributed by atoms with van der Waals surface area (Å²) in [7, 11) is 0. The molecule has 0 fully saturated rings. The average molecular weight is 1610 g/mol. The Kier molecular flexibility index (Phi) is 15.7. The number of benzene rings is 17. The lowest BCUT2D eigenvalue weighted by molar-refractivity contribution is 0.590. The molecule has 0 spiro atoms. The van der Waals surface area contributed by atoms with Crippen LogP contribution in [0.3, 0.4) is 0 Å². The molecule has 0 saturated carbocycles. The van der Waals surface area contributed by atoms with E-state index in [2.05, 4.69) is 439 Å². The second-order valence-electron chi connectivity index (χ2n) is 34.7. The molecule has 2 aliphatic heterocycles. The van der Waals surface area contributed by atoms with Gasteiger partial charge >= 0.3 is 0 Å². The van der Waals surface area contributed by atoms with Crippen LogP contribution in [-0.2, 0) is 5.41 Å². The molecule has 0 amide bonds. The van der Waals surface area contributed by atoms with Crippen LogP contribution in [0.5, 0.6) is 0 Å². The highest BCUT2D eigenvalue weighted by atomic mass is 16.3. The van der Waals surface area contributed by atoms with Gasteiger partial charge in [0.15, 0.2) is 0 Å². The number of rotatable bonds is 11. The first kappa shape index (κ1) is 71.4. The van der Waals surface area contributed by atoms with Crippen molar-refractivity contribution in [2.75, 3.05) is 9.80 Å². The predicted molar refractivity (Wildman–Crippen MR) is 525 cm³/mol. The quantitative estimate of drug-likeness (QED) is 0.120. The smallest absolute Gasteiger partial charge is 0.252 e. The molecule has 7 aromatic heterocycles. The molecule has 0 saturated heterocycles. The summed E-state index contributed by atoms with van der Waals surface area (Å²) in [4.78, 5) is 17.3. The summed E-state index contributed by atoms with van der Waals surface area (Å²) in [5, 5.41) is 11.0. The van der Waals surface area contributed by atoms with Crippen molar-refractivity contribution in [3.63, 3.8) is 0 Å². The maximum Gasteiger partial charge on any atom is 0.252 e. The van der Waals surface area contributed by atoms with E-state index >= 15 is 0 Å². The first-order valence-electron chi connectivity index (χ1n) is 43.4. The maximum atomic E-state index is 6.71. The molecule has 0 unspecified atom stereocenters. The topological polar surface area (TPSA) is 73.3 Å². The lowest BCUT2D eigenvalue weighted by Crippen LogP contribution is -2.61. The zero-order valence-electron chi connectivity index (χ0n) is 69.2. The SMILES string of the molecule is CC(C)(C)c1cc2c3c(c1)N(c1c(-c4ccccc4)cccc1-c1ccccc1)c1ccc(-c4cc(-n5c6ccccc6c6ccccc65)cc(-n5c6ccccc6c6cc7oc8ccccc8c7cc65)n4)cc1B3c1cc(-c3cccc(-n4c5ccccc5c5cc6oc7ccccc7c6cc54)n3)ccc1N2c1ccc(-c2ccccc2)cc1-c1ccccc1. The minimum Gasteiger partial charge on any atom is -0.456 e. The van der Waals surface area contributed by atoms with Crippen molar-refractivity contribution in [3.05, 3.63) is 412 Å². The summed E-state index contributed by atoms with van der Waals surface area (Å²) in [6.45, 7) is 6.69. The van der Waals surface area contributed by atoms with E-state index in [0.29, 0.717) is 0 Å². The molecule has 0 atom stereocenters. The van der Waals surface area contributed by atoms with Gasteiger partial charge < -0.3 is 23.2 Å². The third-order valence-electron chi connectivity index (χ3n) is 26.6. The van der Waals surface area contributed by atoms with Crippen molar-refractivity contribution < 1.29 is 8.83 Å². The van der Waals surface area contributed by atoms with Crippen molar-refractivity contribution >= 4 is 167 Å². The summed E-state index contributed by atoms with van der Waals surface area (Å²) < 4.78 is 20.5. The predicted octanol–water partition coefficient (Wildman–Crippen LogP) is 28.9. The van der Waals surface area contributed by atoms with Gasteiger partial charge in [0.05, 0.1) is 61.6 Å². The van der Waals surface area contributed by atoms with Crippen LogP contribution < -0.4 is 26.2 Å². The number of para-hydroxylation sites is 7. The summed E-state index contributed by atoms with van der Waals surface area (Å²) in [6.07, 6.45) is 0. The molecule has 17 aromatic carbocycles. The van der Waals surface area contributed by atoms with Gasteiger partial charge in [-0.3, -0.25) is 9.13 Å². The Morgan fingerprint density at radius 1 is 0.246 bits per heavy atom. The van der Waals surface area contributed by atoms with E-state index in [-0.39, 0.29) is 5.41 Å². The number of hydrogen-bond acceptors (Lipinski definition) is 6. The Labute approximate surface area is 726 Å². The van der Waals surface area contributed by atoms with Crippen LogP contribution in [0.15, 0.2) is 415 Å². The van der Waals surface area contributed by atoms with Crippen molar-refractivity contribution in [3.8, 4) is 84.3 Å². The number of nitrogens with zero attached hydrogens (tertiary/aromatic N) is 7. The summed E-state index contributed by atoms with van der Waals surface area (Å²) in [5.41, 5.74) is 34.0. The fraction of sp³-hybridized carbons (Fsp3) is 0.0345. The van der Waals surface area contributed by atoms with Gasteiger partial charge in [-0.05, 0) is 182 Å². The van der Waals surface area contributed by atoms with Crippen LogP contribution in [0.2, 0.25) is 0 Å². The number of pyridine rings is 2.